The summed E-state index contributed by atoms with van der Waals surface area (Å²) in [7, 11) is 0. The van der Waals surface area contributed by atoms with E-state index in [4.69, 9.17) is 9.73 Å². The Hall–Kier alpha value is -5.15. The molecular formula is C34H24FN3O4S. The molecule has 0 fully saturated rings. The Morgan fingerprint density at radius 1 is 0.977 bits per heavy atom. The standard InChI is InChI=1S/C34H24FN3O4S/c35-25-14-11-23(12-15-25)32-28-18-13-22-5-1-3-7-27(22)31(28)36-34-37(32)33(39)30(43-34)19-24-6-2-4-8-29(24)42-20-21-9-16-26(17-10-21)38(40)41/h1-12,14-17,19,32H,13,18,20H2/b30-19-/t32-/m1/s1. The maximum atomic E-state index is 14.1. The van der Waals surface area contributed by atoms with Crippen molar-refractivity contribution < 1.29 is 14.1 Å². The van der Waals surface area contributed by atoms with Gasteiger partial charge >= 0.3 is 0 Å². The second-order valence-corrected chi connectivity index (χ2v) is 11.4. The lowest BCUT2D eigenvalue weighted by Crippen LogP contribution is -2.38. The number of aromatic nitrogens is 1. The predicted molar refractivity (Wildman–Crippen MR) is 163 cm³/mol. The Labute approximate surface area is 249 Å². The summed E-state index contributed by atoms with van der Waals surface area (Å²) in [5.74, 6) is 0.250. The van der Waals surface area contributed by atoms with Crippen LogP contribution in [-0.4, -0.2) is 9.49 Å². The first kappa shape index (κ1) is 26.7. The fourth-order valence-corrected chi connectivity index (χ4v) is 6.71. The highest BCUT2D eigenvalue weighted by atomic mass is 32.1. The van der Waals surface area contributed by atoms with E-state index in [1.807, 2.05) is 42.5 Å². The minimum Gasteiger partial charge on any atom is -0.488 e. The van der Waals surface area contributed by atoms with Gasteiger partial charge in [0, 0.05) is 23.3 Å². The van der Waals surface area contributed by atoms with Gasteiger partial charge in [-0.25, -0.2) is 9.38 Å². The Balaban J connectivity index is 1.31. The summed E-state index contributed by atoms with van der Waals surface area (Å²) in [6, 6.07) is 27.8. The van der Waals surface area contributed by atoms with Gasteiger partial charge in [0.25, 0.3) is 11.2 Å². The smallest absolute Gasteiger partial charge is 0.271 e. The summed E-state index contributed by atoms with van der Waals surface area (Å²) in [6.07, 6.45) is 3.40. The molecule has 5 aromatic rings. The van der Waals surface area contributed by atoms with E-state index in [2.05, 4.69) is 12.1 Å². The van der Waals surface area contributed by atoms with E-state index in [1.54, 1.807) is 28.8 Å². The number of hydrogen-bond donors (Lipinski definition) is 0. The summed E-state index contributed by atoms with van der Waals surface area (Å²) in [5, 5.41) is 11.0. The van der Waals surface area contributed by atoms with E-state index in [9.17, 15) is 19.3 Å². The highest BCUT2D eigenvalue weighted by Crippen LogP contribution is 2.41. The molecule has 2 aliphatic rings. The predicted octanol–water partition coefficient (Wildman–Crippen LogP) is 5.95. The monoisotopic (exact) mass is 589 g/mol. The van der Waals surface area contributed by atoms with Gasteiger partial charge in [-0.1, -0.05) is 65.9 Å². The lowest BCUT2D eigenvalue weighted by molar-refractivity contribution is -0.384. The van der Waals surface area contributed by atoms with Crippen molar-refractivity contribution in [2.45, 2.75) is 25.5 Å². The minimum atomic E-state index is -0.439. The van der Waals surface area contributed by atoms with Gasteiger partial charge in [0.2, 0.25) is 0 Å². The van der Waals surface area contributed by atoms with Gasteiger partial charge in [-0.15, -0.1) is 0 Å². The van der Waals surface area contributed by atoms with Crippen LogP contribution in [0.2, 0.25) is 0 Å². The zero-order valence-corrected chi connectivity index (χ0v) is 23.6. The number of ether oxygens (including phenoxy) is 1. The molecule has 1 atom stereocenters. The molecule has 0 N–H and O–H groups in total. The van der Waals surface area contributed by atoms with Crippen molar-refractivity contribution >= 4 is 28.8 Å². The molecule has 4 aromatic carbocycles. The van der Waals surface area contributed by atoms with Crippen LogP contribution in [0.1, 0.15) is 40.3 Å². The Morgan fingerprint density at radius 3 is 2.51 bits per heavy atom. The number of rotatable bonds is 6. The van der Waals surface area contributed by atoms with Crippen molar-refractivity contribution in [3.8, 4) is 5.75 Å². The quantitative estimate of drug-likeness (QED) is 0.181. The van der Waals surface area contributed by atoms with E-state index in [0.29, 0.717) is 15.1 Å². The molecule has 43 heavy (non-hydrogen) atoms. The number of thiazole rings is 1. The molecule has 212 valence electrons. The van der Waals surface area contributed by atoms with Gasteiger partial charge in [-0.3, -0.25) is 19.5 Å². The maximum absolute atomic E-state index is 14.1. The van der Waals surface area contributed by atoms with Crippen LogP contribution in [0.3, 0.4) is 0 Å². The first-order chi connectivity index (χ1) is 21.0. The van der Waals surface area contributed by atoms with Crippen molar-refractivity contribution in [2.75, 3.05) is 0 Å². The van der Waals surface area contributed by atoms with Gasteiger partial charge in [0.1, 0.15) is 18.2 Å². The number of nitro groups is 1. The second kappa shape index (κ2) is 10.9. The van der Waals surface area contributed by atoms with Crippen molar-refractivity contribution in [3.63, 3.8) is 0 Å². The van der Waals surface area contributed by atoms with E-state index >= 15 is 0 Å². The lowest BCUT2D eigenvalue weighted by atomic mass is 9.83. The average Bonchev–Trinajstić information content (AvgIpc) is 3.34. The molecule has 0 bridgehead atoms. The third kappa shape index (κ3) is 4.97. The maximum Gasteiger partial charge on any atom is 0.271 e. The number of benzene rings is 4. The van der Waals surface area contributed by atoms with Gasteiger partial charge in [0.05, 0.1) is 21.2 Å². The Morgan fingerprint density at radius 2 is 1.72 bits per heavy atom. The number of fused-ring (bicyclic) bond motifs is 3. The minimum absolute atomic E-state index is 0.0173. The molecule has 7 rings (SSSR count). The van der Waals surface area contributed by atoms with Crippen molar-refractivity contribution in [1.82, 2.24) is 4.57 Å². The number of allylic oxidation sites excluding steroid dienone is 1. The van der Waals surface area contributed by atoms with Gasteiger partial charge in [-0.2, -0.15) is 0 Å². The van der Waals surface area contributed by atoms with E-state index < -0.39 is 11.0 Å². The summed E-state index contributed by atoms with van der Waals surface area (Å²) in [4.78, 5) is 30.2. The van der Waals surface area contributed by atoms with Crippen LogP contribution in [0.15, 0.2) is 112 Å². The molecule has 9 heteroatoms. The molecule has 0 saturated heterocycles. The summed E-state index contributed by atoms with van der Waals surface area (Å²) in [5.41, 5.74) is 6.42. The van der Waals surface area contributed by atoms with E-state index in [1.165, 1.54) is 41.2 Å². The second-order valence-electron chi connectivity index (χ2n) is 10.4. The first-order valence-corrected chi connectivity index (χ1v) is 14.6. The summed E-state index contributed by atoms with van der Waals surface area (Å²) < 4.78 is 22.2. The van der Waals surface area contributed by atoms with Crippen LogP contribution in [0.25, 0.3) is 11.8 Å². The Bertz CT molecular complexity index is 2100. The third-order valence-electron chi connectivity index (χ3n) is 7.81. The molecule has 1 aliphatic carbocycles. The number of halogens is 1. The molecular weight excluding hydrogens is 565 g/mol. The summed E-state index contributed by atoms with van der Waals surface area (Å²) >= 11 is 1.32. The number of nitro benzene ring substituents is 1. The molecule has 0 amide bonds. The molecule has 0 saturated carbocycles. The van der Waals surface area contributed by atoms with Gasteiger partial charge < -0.3 is 4.74 Å². The highest BCUT2D eigenvalue weighted by molar-refractivity contribution is 7.07. The largest absolute Gasteiger partial charge is 0.488 e. The topological polar surface area (TPSA) is 86.7 Å². The van der Waals surface area contributed by atoms with E-state index in [-0.39, 0.29) is 23.7 Å². The normalized spacial score (nSPS) is 15.7. The fraction of sp³-hybridized carbons (Fsp3) is 0.118. The van der Waals surface area contributed by atoms with Crippen LogP contribution in [0, 0.1) is 15.9 Å². The van der Waals surface area contributed by atoms with Crippen LogP contribution in [0.4, 0.5) is 10.1 Å². The first-order valence-electron chi connectivity index (χ1n) is 13.8. The van der Waals surface area contributed by atoms with E-state index in [0.717, 1.165) is 46.4 Å². The van der Waals surface area contributed by atoms with Crippen molar-refractivity contribution in [1.29, 1.82) is 0 Å². The van der Waals surface area contributed by atoms with Crippen LogP contribution in [-0.2, 0) is 13.0 Å². The number of nitrogens with zero attached hydrogens (tertiary/aromatic N) is 3. The number of non-ortho nitro benzene ring substituents is 1. The van der Waals surface area contributed by atoms with Crippen LogP contribution in [0.5, 0.6) is 5.75 Å². The zero-order valence-electron chi connectivity index (χ0n) is 22.8. The SMILES string of the molecule is O=c1/c(=C/c2ccccc2OCc2ccc([N+](=O)[O-])cc2)sc2n1[C@H](c1ccc(F)cc1)C1=C(N=2)c2ccccc2CC1. The lowest BCUT2D eigenvalue weighted by Gasteiger charge is -2.30. The van der Waals surface area contributed by atoms with Crippen LogP contribution < -0.4 is 19.6 Å². The molecule has 1 aromatic heterocycles. The summed E-state index contributed by atoms with van der Waals surface area (Å²) in [6.45, 7) is 0.209. The number of para-hydroxylation sites is 1. The van der Waals surface area contributed by atoms with Gasteiger partial charge in [-0.05, 0) is 71.5 Å². The molecule has 7 nitrogen and oxygen atoms in total. The van der Waals surface area contributed by atoms with Crippen LogP contribution >= 0.6 is 11.3 Å². The average molecular weight is 590 g/mol. The zero-order chi connectivity index (χ0) is 29.5. The van der Waals surface area contributed by atoms with Crippen molar-refractivity contribution in [3.05, 3.63) is 166 Å². The number of hydrogen-bond acceptors (Lipinski definition) is 6. The third-order valence-corrected chi connectivity index (χ3v) is 8.79. The Kier molecular flexibility index (Phi) is 6.79. The molecule has 1 aliphatic heterocycles. The van der Waals surface area contributed by atoms with Crippen molar-refractivity contribution in [2.24, 2.45) is 4.99 Å². The molecule has 0 radical (unpaired) electrons. The molecule has 0 unspecified atom stereocenters. The highest BCUT2D eigenvalue weighted by Gasteiger charge is 2.32. The van der Waals surface area contributed by atoms with Gasteiger partial charge in [0.15, 0.2) is 4.80 Å². The molecule has 0 spiro atoms. The fourth-order valence-electron chi connectivity index (χ4n) is 5.71. The number of aryl methyl sites for hydroxylation is 1. The molecule has 2 heterocycles.